The van der Waals surface area contributed by atoms with Crippen molar-refractivity contribution in [3.05, 3.63) is 69.8 Å². The third-order valence-corrected chi connectivity index (χ3v) is 5.52. The van der Waals surface area contributed by atoms with Crippen molar-refractivity contribution < 1.29 is 13.2 Å². The van der Waals surface area contributed by atoms with Gasteiger partial charge in [-0.05, 0) is 55.3 Å². The molecule has 27 heavy (non-hydrogen) atoms. The molecule has 3 rings (SSSR count). The van der Waals surface area contributed by atoms with E-state index in [1.54, 1.807) is 30.3 Å². The van der Waals surface area contributed by atoms with Crippen LogP contribution in [0.1, 0.15) is 21.5 Å². The minimum absolute atomic E-state index is 0.0770. The van der Waals surface area contributed by atoms with Crippen LogP contribution in [-0.2, 0) is 10.0 Å². The van der Waals surface area contributed by atoms with E-state index < -0.39 is 15.9 Å². The number of halogens is 1. The Balaban J connectivity index is 1.87. The SMILES string of the molecule is Cc1cc(C)cc(NS(=O)(=O)c2[nH]ncc2C(=O)Nc2cccc(Br)c2)c1. The van der Waals surface area contributed by atoms with E-state index >= 15 is 0 Å². The highest BCUT2D eigenvalue weighted by atomic mass is 79.9. The van der Waals surface area contributed by atoms with Crippen LogP contribution in [0.3, 0.4) is 0 Å². The lowest BCUT2D eigenvalue weighted by atomic mass is 10.1. The summed E-state index contributed by atoms with van der Waals surface area (Å²) in [4.78, 5) is 12.5. The molecule has 0 saturated heterocycles. The predicted octanol–water partition coefficient (Wildman–Crippen LogP) is 3.84. The molecular formula is C18H17BrN4O3S. The number of rotatable bonds is 5. The fourth-order valence-electron chi connectivity index (χ4n) is 2.65. The first kappa shape index (κ1) is 19.1. The number of nitrogens with zero attached hydrogens (tertiary/aromatic N) is 1. The Kier molecular flexibility index (Phi) is 5.33. The van der Waals surface area contributed by atoms with Crippen molar-refractivity contribution >= 4 is 43.2 Å². The van der Waals surface area contributed by atoms with Crippen molar-refractivity contribution in [2.45, 2.75) is 18.9 Å². The second-order valence-corrected chi connectivity index (χ2v) is 8.59. The Morgan fingerprint density at radius 3 is 2.44 bits per heavy atom. The number of aromatic amines is 1. The van der Waals surface area contributed by atoms with Crippen LogP contribution in [0.25, 0.3) is 0 Å². The second-order valence-electron chi connectivity index (χ2n) is 6.06. The number of carbonyl (C=O) groups is 1. The Bertz CT molecular complexity index is 1090. The highest BCUT2D eigenvalue weighted by molar-refractivity contribution is 9.10. The standard InChI is InChI=1S/C18H17BrN4O3S/c1-11-6-12(2)8-15(7-11)23-27(25,26)18-16(10-20-22-18)17(24)21-14-5-3-4-13(19)9-14/h3-10,23H,1-2H3,(H,20,22)(H,21,24). The third-order valence-electron chi connectivity index (χ3n) is 3.67. The van der Waals surface area contributed by atoms with Gasteiger partial charge in [-0.25, -0.2) is 0 Å². The van der Waals surface area contributed by atoms with Crippen LogP contribution in [-0.4, -0.2) is 24.5 Å². The number of carbonyl (C=O) groups excluding carboxylic acids is 1. The summed E-state index contributed by atoms with van der Waals surface area (Å²) < 4.78 is 28.8. The lowest BCUT2D eigenvalue weighted by Crippen LogP contribution is -2.20. The Morgan fingerprint density at radius 2 is 1.78 bits per heavy atom. The van der Waals surface area contributed by atoms with Gasteiger partial charge < -0.3 is 5.32 Å². The smallest absolute Gasteiger partial charge is 0.279 e. The van der Waals surface area contributed by atoms with Gasteiger partial charge in [-0.3, -0.25) is 14.6 Å². The maximum atomic E-state index is 12.7. The summed E-state index contributed by atoms with van der Waals surface area (Å²) in [5.74, 6) is -0.581. The van der Waals surface area contributed by atoms with E-state index in [0.29, 0.717) is 11.4 Å². The van der Waals surface area contributed by atoms with Crippen molar-refractivity contribution in [2.75, 3.05) is 10.0 Å². The van der Waals surface area contributed by atoms with Gasteiger partial charge in [-0.15, -0.1) is 0 Å². The van der Waals surface area contributed by atoms with Gasteiger partial charge in [0.1, 0.15) is 0 Å². The number of aromatic nitrogens is 2. The van der Waals surface area contributed by atoms with E-state index in [-0.39, 0.29) is 10.6 Å². The predicted molar refractivity (Wildman–Crippen MR) is 107 cm³/mol. The number of sulfonamides is 1. The number of amides is 1. The van der Waals surface area contributed by atoms with E-state index in [9.17, 15) is 13.2 Å². The van der Waals surface area contributed by atoms with Crippen molar-refractivity contribution in [1.82, 2.24) is 10.2 Å². The Labute approximate surface area is 165 Å². The number of anilines is 2. The van der Waals surface area contributed by atoms with Crippen molar-refractivity contribution in [1.29, 1.82) is 0 Å². The molecule has 1 amide bonds. The molecule has 1 aromatic heterocycles. The molecule has 2 aromatic carbocycles. The summed E-state index contributed by atoms with van der Waals surface area (Å²) in [6.07, 6.45) is 1.18. The van der Waals surface area contributed by atoms with E-state index in [1.807, 2.05) is 26.0 Å². The number of benzene rings is 2. The summed E-state index contributed by atoms with van der Waals surface area (Å²) >= 11 is 3.32. The average Bonchev–Trinajstić information content (AvgIpc) is 3.04. The largest absolute Gasteiger partial charge is 0.322 e. The first-order chi connectivity index (χ1) is 12.7. The molecule has 0 aliphatic heterocycles. The quantitative estimate of drug-likeness (QED) is 0.551. The average molecular weight is 449 g/mol. The lowest BCUT2D eigenvalue weighted by molar-refractivity contribution is 0.102. The molecule has 0 atom stereocenters. The number of hydrogen-bond donors (Lipinski definition) is 3. The van der Waals surface area contributed by atoms with Gasteiger partial charge in [0.15, 0.2) is 5.03 Å². The number of H-pyrrole nitrogens is 1. The van der Waals surface area contributed by atoms with Gasteiger partial charge in [0, 0.05) is 15.8 Å². The highest BCUT2D eigenvalue weighted by Crippen LogP contribution is 2.21. The molecule has 0 spiro atoms. The molecule has 0 bridgehead atoms. The van der Waals surface area contributed by atoms with Crippen LogP contribution in [0.15, 0.2) is 58.2 Å². The van der Waals surface area contributed by atoms with Gasteiger partial charge in [0.2, 0.25) is 0 Å². The Morgan fingerprint density at radius 1 is 1.07 bits per heavy atom. The van der Waals surface area contributed by atoms with Crippen molar-refractivity contribution in [3.8, 4) is 0 Å². The van der Waals surface area contributed by atoms with Crippen LogP contribution in [0, 0.1) is 13.8 Å². The summed E-state index contributed by atoms with van der Waals surface area (Å²) in [6.45, 7) is 3.75. The van der Waals surface area contributed by atoms with Crippen LogP contribution in [0.5, 0.6) is 0 Å². The molecule has 0 unspecified atom stereocenters. The fraction of sp³-hybridized carbons (Fsp3) is 0.111. The summed E-state index contributed by atoms with van der Waals surface area (Å²) in [5.41, 5.74) is 2.71. The zero-order chi connectivity index (χ0) is 19.6. The van der Waals surface area contributed by atoms with E-state index in [4.69, 9.17) is 0 Å². The van der Waals surface area contributed by atoms with Crippen LogP contribution >= 0.6 is 15.9 Å². The van der Waals surface area contributed by atoms with Gasteiger partial charge in [-0.2, -0.15) is 13.5 Å². The van der Waals surface area contributed by atoms with Crippen LogP contribution in [0.4, 0.5) is 11.4 Å². The topological polar surface area (TPSA) is 104 Å². The zero-order valence-electron chi connectivity index (χ0n) is 14.6. The molecule has 0 aliphatic carbocycles. The monoisotopic (exact) mass is 448 g/mol. The van der Waals surface area contributed by atoms with E-state index in [2.05, 4.69) is 36.2 Å². The number of hydrogen-bond acceptors (Lipinski definition) is 4. The molecular weight excluding hydrogens is 432 g/mol. The summed E-state index contributed by atoms with van der Waals surface area (Å²) in [5, 5.41) is 8.50. The van der Waals surface area contributed by atoms with Gasteiger partial charge >= 0.3 is 0 Å². The Hall–Kier alpha value is -2.65. The van der Waals surface area contributed by atoms with Crippen LogP contribution < -0.4 is 10.0 Å². The minimum Gasteiger partial charge on any atom is -0.322 e. The molecule has 140 valence electrons. The summed E-state index contributed by atoms with van der Waals surface area (Å²) in [6, 6.07) is 12.3. The molecule has 0 saturated carbocycles. The van der Waals surface area contributed by atoms with Gasteiger partial charge in [0.05, 0.1) is 11.8 Å². The maximum absolute atomic E-state index is 12.7. The zero-order valence-corrected chi connectivity index (χ0v) is 17.0. The second kappa shape index (κ2) is 7.53. The molecule has 3 N–H and O–H groups in total. The molecule has 9 heteroatoms. The first-order valence-electron chi connectivity index (χ1n) is 7.96. The molecule has 1 heterocycles. The molecule has 3 aromatic rings. The normalized spacial score (nSPS) is 11.2. The maximum Gasteiger partial charge on any atom is 0.279 e. The lowest BCUT2D eigenvalue weighted by Gasteiger charge is -2.10. The minimum atomic E-state index is -4.02. The van der Waals surface area contributed by atoms with Crippen molar-refractivity contribution in [3.63, 3.8) is 0 Å². The fourth-order valence-corrected chi connectivity index (χ4v) is 4.18. The van der Waals surface area contributed by atoms with Gasteiger partial charge in [-0.1, -0.05) is 28.1 Å². The molecule has 7 nitrogen and oxygen atoms in total. The van der Waals surface area contributed by atoms with Crippen molar-refractivity contribution in [2.24, 2.45) is 0 Å². The first-order valence-corrected chi connectivity index (χ1v) is 10.2. The van der Waals surface area contributed by atoms with E-state index in [0.717, 1.165) is 15.6 Å². The van der Waals surface area contributed by atoms with E-state index in [1.165, 1.54) is 6.20 Å². The molecule has 0 fully saturated rings. The number of aryl methyl sites for hydroxylation is 2. The highest BCUT2D eigenvalue weighted by Gasteiger charge is 2.25. The van der Waals surface area contributed by atoms with Crippen LogP contribution in [0.2, 0.25) is 0 Å². The van der Waals surface area contributed by atoms with Gasteiger partial charge in [0.25, 0.3) is 15.9 Å². The molecule has 0 aliphatic rings. The summed E-state index contributed by atoms with van der Waals surface area (Å²) in [7, 11) is -4.02. The number of nitrogens with one attached hydrogen (secondary N) is 3. The molecule has 0 radical (unpaired) electrons. The third kappa shape index (κ3) is 4.55.